The summed E-state index contributed by atoms with van der Waals surface area (Å²) in [5, 5.41) is 6.67. The van der Waals surface area contributed by atoms with Gasteiger partial charge in [-0.1, -0.05) is 18.2 Å². The summed E-state index contributed by atoms with van der Waals surface area (Å²) in [6.45, 7) is 4.82. The molecule has 2 rings (SSSR count). The number of hydrogen-bond donors (Lipinski definition) is 2. The number of nitrogens with one attached hydrogen (secondary N) is 2. The molecule has 0 amide bonds. The smallest absolute Gasteiger partial charge is 0.191 e. The van der Waals surface area contributed by atoms with E-state index in [-0.39, 0.29) is 24.0 Å². The predicted octanol–water partition coefficient (Wildman–Crippen LogP) is 3.33. The Balaban J connectivity index is 0.00000392. The largest absolute Gasteiger partial charge is 0.493 e. The lowest BCUT2D eigenvalue weighted by atomic mass is 10.1. The average Bonchev–Trinajstić information content (AvgIpc) is 2.69. The summed E-state index contributed by atoms with van der Waals surface area (Å²) >= 11 is 0. The lowest BCUT2D eigenvalue weighted by Crippen LogP contribution is -2.38. The van der Waals surface area contributed by atoms with Crippen LogP contribution in [0.3, 0.4) is 0 Å². The van der Waals surface area contributed by atoms with Crippen molar-refractivity contribution in [2.75, 3.05) is 33.9 Å². The van der Waals surface area contributed by atoms with Crippen LogP contribution in [-0.4, -0.2) is 44.9 Å². The van der Waals surface area contributed by atoms with Gasteiger partial charge >= 0.3 is 0 Å². The number of aliphatic imine (C=N–C) groups is 1. The Morgan fingerprint density at radius 3 is 2.71 bits per heavy atom. The van der Waals surface area contributed by atoms with Crippen LogP contribution in [0.1, 0.15) is 23.2 Å². The molecule has 0 radical (unpaired) electrons. The van der Waals surface area contributed by atoms with E-state index < -0.39 is 0 Å². The molecule has 0 saturated carbocycles. The van der Waals surface area contributed by atoms with Gasteiger partial charge in [-0.05, 0) is 30.7 Å². The van der Waals surface area contributed by atoms with Gasteiger partial charge in [0.25, 0.3) is 0 Å². The highest BCUT2D eigenvalue weighted by atomic mass is 127. The molecule has 0 saturated heterocycles. The maximum absolute atomic E-state index is 5.94. The third-order valence-corrected chi connectivity index (χ3v) is 4.04. The number of methoxy groups -OCH3 is 1. The fourth-order valence-electron chi connectivity index (χ4n) is 2.58. The van der Waals surface area contributed by atoms with Crippen LogP contribution in [0.5, 0.6) is 5.75 Å². The van der Waals surface area contributed by atoms with Gasteiger partial charge in [0.15, 0.2) is 5.96 Å². The van der Waals surface area contributed by atoms with Crippen molar-refractivity contribution in [2.24, 2.45) is 4.99 Å². The number of pyridine rings is 1. The van der Waals surface area contributed by atoms with Gasteiger partial charge in [-0.3, -0.25) is 9.98 Å². The molecule has 1 aromatic heterocycles. The molecule has 0 aliphatic rings. The summed E-state index contributed by atoms with van der Waals surface area (Å²) in [7, 11) is 3.47. The molecule has 1 aromatic carbocycles. The number of rotatable bonds is 10. The Morgan fingerprint density at radius 1 is 1.14 bits per heavy atom. The van der Waals surface area contributed by atoms with Crippen LogP contribution in [-0.2, 0) is 17.7 Å². The first kappa shape index (κ1) is 24.2. The molecule has 0 atom stereocenters. The number of guanidine groups is 1. The second kappa shape index (κ2) is 14.2. The zero-order valence-corrected chi connectivity index (χ0v) is 19.2. The number of nitrogens with zero attached hydrogens (tertiary/aromatic N) is 2. The van der Waals surface area contributed by atoms with E-state index in [0.717, 1.165) is 42.4 Å². The van der Waals surface area contributed by atoms with Crippen LogP contribution in [0.2, 0.25) is 0 Å². The fraction of sp³-hybridized carbons (Fsp3) is 0.429. The van der Waals surface area contributed by atoms with Gasteiger partial charge in [0.2, 0.25) is 0 Å². The molecule has 6 nitrogen and oxygen atoms in total. The highest BCUT2D eigenvalue weighted by molar-refractivity contribution is 14.0. The number of hydrogen-bond acceptors (Lipinski definition) is 4. The van der Waals surface area contributed by atoms with Gasteiger partial charge in [0.05, 0.1) is 6.61 Å². The van der Waals surface area contributed by atoms with Crippen LogP contribution >= 0.6 is 24.0 Å². The fourth-order valence-corrected chi connectivity index (χ4v) is 2.58. The highest BCUT2D eigenvalue weighted by Gasteiger charge is 2.06. The average molecular weight is 498 g/mol. The first-order chi connectivity index (χ1) is 13.2. The Morgan fingerprint density at radius 2 is 2.00 bits per heavy atom. The van der Waals surface area contributed by atoms with E-state index in [1.54, 1.807) is 14.2 Å². The van der Waals surface area contributed by atoms with Crippen LogP contribution in [0.25, 0.3) is 0 Å². The molecule has 0 spiro atoms. The number of aryl methyl sites for hydroxylation is 1. The van der Waals surface area contributed by atoms with Crippen LogP contribution in [0.4, 0.5) is 0 Å². The molecular weight excluding hydrogens is 467 g/mol. The molecule has 1 heterocycles. The predicted molar refractivity (Wildman–Crippen MR) is 125 cm³/mol. The number of ether oxygens (including phenoxy) is 2. The number of aromatic nitrogens is 1. The molecule has 0 fully saturated rings. The molecular formula is C21H31IN4O2. The summed E-state index contributed by atoms with van der Waals surface area (Å²) in [6, 6.07) is 12.2. The van der Waals surface area contributed by atoms with Crippen molar-refractivity contribution in [1.82, 2.24) is 15.6 Å². The van der Waals surface area contributed by atoms with Crippen molar-refractivity contribution in [1.29, 1.82) is 0 Å². The van der Waals surface area contributed by atoms with Crippen molar-refractivity contribution in [3.63, 3.8) is 0 Å². The molecule has 0 bridgehead atoms. The van der Waals surface area contributed by atoms with Gasteiger partial charge < -0.3 is 20.1 Å². The van der Waals surface area contributed by atoms with Gasteiger partial charge in [0.1, 0.15) is 5.75 Å². The minimum absolute atomic E-state index is 0. The normalized spacial score (nSPS) is 10.9. The minimum Gasteiger partial charge on any atom is -0.493 e. The number of halogens is 1. The second-order valence-electron chi connectivity index (χ2n) is 6.23. The molecule has 28 heavy (non-hydrogen) atoms. The quantitative estimate of drug-likeness (QED) is 0.228. The molecule has 2 N–H and O–H groups in total. The lowest BCUT2D eigenvalue weighted by Gasteiger charge is -2.15. The van der Waals surface area contributed by atoms with Crippen LogP contribution in [0, 0.1) is 6.92 Å². The van der Waals surface area contributed by atoms with Crippen molar-refractivity contribution in [2.45, 2.75) is 26.3 Å². The highest BCUT2D eigenvalue weighted by Crippen LogP contribution is 2.20. The van der Waals surface area contributed by atoms with Gasteiger partial charge in [-0.25, -0.2) is 0 Å². The third kappa shape index (κ3) is 8.88. The van der Waals surface area contributed by atoms with E-state index in [1.807, 2.05) is 24.4 Å². The molecule has 7 heteroatoms. The standard InChI is InChI=1S/C21H30N4O2.HI/c1-17-8-9-18(20(15-17)27-14-6-13-26-3)16-25-21(22-2)24-12-10-19-7-4-5-11-23-19;/h4-5,7-9,11,15H,6,10,12-14,16H2,1-3H3,(H2,22,24,25);1H. The SMILES string of the molecule is CN=C(NCCc1ccccn1)NCc1ccc(C)cc1OCCCOC.I. The van der Waals surface area contributed by atoms with E-state index in [2.05, 4.69) is 45.7 Å². The van der Waals surface area contributed by atoms with E-state index in [0.29, 0.717) is 19.8 Å². The van der Waals surface area contributed by atoms with E-state index >= 15 is 0 Å². The van der Waals surface area contributed by atoms with Crippen molar-refractivity contribution in [3.05, 3.63) is 59.4 Å². The Labute approximate surface area is 185 Å². The van der Waals surface area contributed by atoms with Gasteiger partial charge in [-0.15, -0.1) is 24.0 Å². The van der Waals surface area contributed by atoms with E-state index in [1.165, 1.54) is 5.56 Å². The molecule has 0 aliphatic carbocycles. The lowest BCUT2D eigenvalue weighted by molar-refractivity contribution is 0.172. The Kier molecular flexibility index (Phi) is 12.2. The van der Waals surface area contributed by atoms with Gasteiger partial charge in [0, 0.05) is 64.1 Å². The summed E-state index contributed by atoms with van der Waals surface area (Å²) < 4.78 is 11.0. The molecule has 154 valence electrons. The third-order valence-electron chi connectivity index (χ3n) is 4.04. The maximum Gasteiger partial charge on any atom is 0.191 e. The zero-order valence-electron chi connectivity index (χ0n) is 16.9. The topological polar surface area (TPSA) is 67.8 Å². The minimum atomic E-state index is 0. The Bertz CT molecular complexity index is 711. The second-order valence-corrected chi connectivity index (χ2v) is 6.23. The van der Waals surface area contributed by atoms with E-state index in [4.69, 9.17) is 9.47 Å². The Hall–Kier alpha value is -1.87. The summed E-state index contributed by atoms with van der Waals surface area (Å²) in [4.78, 5) is 8.62. The summed E-state index contributed by atoms with van der Waals surface area (Å²) in [5.41, 5.74) is 3.34. The first-order valence-electron chi connectivity index (χ1n) is 9.28. The van der Waals surface area contributed by atoms with Crippen molar-refractivity contribution >= 4 is 29.9 Å². The van der Waals surface area contributed by atoms with E-state index in [9.17, 15) is 0 Å². The number of benzene rings is 1. The zero-order chi connectivity index (χ0) is 19.3. The maximum atomic E-state index is 5.94. The van der Waals surface area contributed by atoms with Gasteiger partial charge in [-0.2, -0.15) is 0 Å². The van der Waals surface area contributed by atoms with Crippen LogP contribution in [0.15, 0.2) is 47.6 Å². The first-order valence-corrected chi connectivity index (χ1v) is 9.28. The molecule has 0 aliphatic heterocycles. The van der Waals surface area contributed by atoms with Crippen molar-refractivity contribution < 1.29 is 9.47 Å². The summed E-state index contributed by atoms with van der Waals surface area (Å²) in [6.07, 6.45) is 3.53. The molecule has 0 unspecified atom stereocenters. The molecule has 2 aromatic rings. The summed E-state index contributed by atoms with van der Waals surface area (Å²) in [5.74, 6) is 1.67. The van der Waals surface area contributed by atoms with Crippen molar-refractivity contribution in [3.8, 4) is 5.75 Å². The monoisotopic (exact) mass is 498 g/mol. The van der Waals surface area contributed by atoms with Crippen LogP contribution < -0.4 is 15.4 Å².